The van der Waals surface area contributed by atoms with E-state index in [9.17, 15) is 9.59 Å². The van der Waals surface area contributed by atoms with Crippen molar-refractivity contribution in [2.45, 2.75) is 4.90 Å². The van der Waals surface area contributed by atoms with Crippen molar-refractivity contribution < 1.29 is 23.8 Å². The smallest absolute Gasteiger partial charge is 0.262 e. The lowest BCUT2D eigenvalue weighted by atomic mass is 10.1. The second-order valence-corrected chi connectivity index (χ2v) is 8.68. The van der Waals surface area contributed by atoms with Crippen molar-refractivity contribution in [2.75, 3.05) is 58.9 Å². The van der Waals surface area contributed by atoms with E-state index in [0.717, 1.165) is 43.3 Å². The molecular formula is C24H27N3O5S. The summed E-state index contributed by atoms with van der Waals surface area (Å²) in [6, 6.07) is 10.8. The number of amides is 2. The Morgan fingerprint density at radius 3 is 2.70 bits per heavy atom. The second kappa shape index (κ2) is 10.7. The molecule has 0 atom stereocenters. The van der Waals surface area contributed by atoms with Gasteiger partial charge in [-0.25, -0.2) is 0 Å². The van der Waals surface area contributed by atoms with Crippen molar-refractivity contribution in [1.82, 2.24) is 10.2 Å². The quantitative estimate of drug-likeness (QED) is 0.603. The molecule has 0 unspecified atom stereocenters. The number of benzene rings is 2. The maximum atomic E-state index is 12.7. The molecule has 2 aliphatic rings. The minimum absolute atomic E-state index is 0.156. The van der Waals surface area contributed by atoms with Gasteiger partial charge in [-0.15, -0.1) is 0 Å². The van der Waals surface area contributed by atoms with E-state index in [2.05, 4.69) is 15.5 Å². The first-order valence-corrected chi connectivity index (χ1v) is 11.5. The normalized spacial score (nSPS) is 17.3. The number of hydrogen-bond donors (Lipinski definition) is 2. The van der Waals surface area contributed by atoms with Crippen molar-refractivity contribution in [3.05, 3.63) is 52.4 Å². The van der Waals surface area contributed by atoms with E-state index in [4.69, 9.17) is 14.2 Å². The molecule has 9 heteroatoms. The third-order valence-corrected chi connectivity index (χ3v) is 6.56. The predicted molar refractivity (Wildman–Crippen MR) is 128 cm³/mol. The van der Waals surface area contributed by atoms with Gasteiger partial charge in [-0.3, -0.25) is 14.5 Å². The fourth-order valence-corrected chi connectivity index (χ4v) is 4.58. The van der Waals surface area contributed by atoms with E-state index in [-0.39, 0.29) is 11.8 Å². The largest absolute Gasteiger partial charge is 0.493 e. The highest BCUT2D eigenvalue weighted by molar-refractivity contribution is 8.04. The third kappa shape index (κ3) is 5.68. The fraction of sp³-hybridized carbons (Fsp3) is 0.333. The van der Waals surface area contributed by atoms with Crippen molar-refractivity contribution in [3.8, 4) is 11.5 Å². The number of anilines is 1. The highest BCUT2D eigenvalue weighted by Crippen LogP contribution is 2.40. The molecule has 2 aliphatic heterocycles. The molecule has 2 heterocycles. The van der Waals surface area contributed by atoms with Crippen LogP contribution in [0.5, 0.6) is 11.5 Å². The van der Waals surface area contributed by atoms with Crippen LogP contribution in [0.25, 0.3) is 6.08 Å². The van der Waals surface area contributed by atoms with E-state index in [0.29, 0.717) is 34.2 Å². The number of carbonyl (C=O) groups excluding carboxylic acids is 2. The lowest BCUT2D eigenvalue weighted by Gasteiger charge is -2.26. The minimum atomic E-state index is -0.216. The topological polar surface area (TPSA) is 89.1 Å². The van der Waals surface area contributed by atoms with Crippen LogP contribution in [0.1, 0.15) is 15.9 Å². The molecule has 8 nitrogen and oxygen atoms in total. The van der Waals surface area contributed by atoms with Gasteiger partial charge >= 0.3 is 0 Å². The van der Waals surface area contributed by atoms with Crippen molar-refractivity contribution in [2.24, 2.45) is 0 Å². The van der Waals surface area contributed by atoms with Gasteiger partial charge in [-0.05, 0) is 42.0 Å². The summed E-state index contributed by atoms with van der Waals surface area (Å²) in [6.45, 7) is 4.59. The Morgan fingerprint density at radius 2 is 1.94 bits per heavy atom. The highest BCUT2D eigenvalue weighted by atomic mass is 32.2. The number of hydrogen-bond acceptors (Lipinski definition) is 7. The lowest BCUT2D eigenvalue weighted by Crippen LogP contribution is -2.41. The summed E-state index contributed by atoms with van der Waals surface area (Å²) in [6.07, 6.45) is 1.80. The molecule has 0 aromatic heterocycles. The molecule has 1 fully saturated rings. The molecule has 2 amide bonds. The second-order valence-electron chi connectivity index (χ2n) is 7.60. The Kier molecular flexibility index (Phi) is 7.54. The van der Waals surface area contributed by atoms with Crippen LogP contribution >= 0.6 is 11.8 Å². The van der Waals surface area contributed by atoms with Gasteiger partial charge < -0.3 is 24.8 Å². The average Bonchev–Trinajstić information content (AvgIpc) is 2.84. The van der Waals surface area contributed by atoms with Gasteiger partial charge in [0.05, 0.1) is 38.0 Å². The number of carbonyl (C=O) groups is 2. The van der Waals surface area contributed by atoms with Crippen LogP contribution in [0, 0.1) is 0 Å². The van der Waals surface area contributed by atoms with Crippen LogP contribution in [0.3, 0.4) is 0 Å². The molecule has 2 N–H and O–H groups in total. The summed E-state index contributed by atoms with van der Waals surface area (Å²) < 4.78 is 15.9. The van der Waals surface area contributed by atoms with Gasteiger partial charge in [0.2, 0.25) is 0 Å². The summed E-state index contributed by atoms with van der Waals surface area (Å²) in [4.78, 5) is 29.0. The molecule has 1 saturated heterocycles. The molecule has 2 aromatic rings. The van der Waals surface area contributed by atoms with E-state index < -0.39 is 0 Å². The lowest BCUT2D eigenvalue weighted by molar-refractivity contribution is -0.112. The van der Waals surface area contributed by atoms with Crippen molar-refractivity contribution in [3.63, 3.8) is 0 Å². The molecule has 2 aromatic carbocycles. The van der Waals surface area contributed by atoms with Gasteiger partial charge in [0, 0.05) is 36.6 Å². The zero-order chi connectivity index (χ0) is 23.2. The predicted octanol–water partition coefficient (Wildman–Crippen LogP) is 2.85. The molecule has 33 heavy (non-hydrogen) atoms. The third-order valence-electron chi connectivity index (χ3n) is 5.46. The fourth-order valence-electron chi connectivity index (χ4n) is 3.65. The number of ether oxygens (including phenoxy) is 3. The standard InChI is InChI=1S/C24H27N3O5S/c1-30-19-5-3-16(13-20(19)31-2)14-22-24(29)26-18-15-17(4-6-21(18)33-22)23(28)25-7-8-27-9-11-32-12-10-27/h3-6,13-15H,7-12H2,1-2H3,(H,25,28)(H,26,29). The first-order chi connectivity index (χ1) is 16.1. The van der Waals surface area contributed by atoms with Crippen LogP contribution in [-0.4, -0.2) is 70.3 Å². The molecular weight excluding hydrogens is 442 g/mol. The Morgan fingerprint density at radius 1 is 1.15 bits per heavy atom. The van der Waals surface area contributed by atoms with E-state index in [1.54, 1.807) is 38.5 Å². The summed E-state index contributed by atoms with van der Waals surface area (Å²) in [5.74, 6) is 0.850. The van der Waals surface area contributed by atoms with Gasteiger partial charge in [0.1, 0.15) is 0 Å². The number of nitrogens with one attached hydrogen (secondary N) is 2. The van der Waals surface area contributed by atoms with Gasteiger partial charge in [-0.2, -0.15) is 0 Å². The zero-order valence-corrected chi connectivity index (χ0v) is 19.5. The average molecular weight is 470 g/mol. The van der Waals surface area contributed by atoms with Gasteiger partial charge in [-0.1, -0.05) is 17.8 Å². The molecule has 4 rings (SSSR count). The first-order valence-electron chi connectivity index (χ1n) is 10.7. The van der Waals surface area contributed by atoms with Gasteiger partial charge in [0.15, 0.2) is 11.5 Å². The van der Waals surface area contributed by atoms with E-state index in [1.807, 2.05) is 18.2 Å². The van der Waals surface area contributed by atoms with Crippen molar-refractivity contribution >= 4 is 35.3 Å². The maximum Gasteiger partial charge on any atom is 0.262 e. The monoisotopic (exact) mass is 469 g/mol. The Balaban J connectivity index is 1.41. The molecule has 0 spiro atoms. The van der Waals surface area contributed by atoms with E-state index >= 15 is 0 Å². The Hall–Kier alpha value is -3.01. The number of thioether (sulfide) groups is 1. The molecule has 0 radical (unpaired) electrons. The molecule has 0 saturated carbocycles. The molecule has 0 bridgehead atoms. The highest BCUT2D eigenvalue weighted by Gasteiger charge is 2.22. The van der Waals surface area contributed by atoms with Crippen molar-refractivity contribution in [1.29, 1.82) is 0 Å². The summed E-state index contributed by atoms with van der Waals surface area (Å²) >= 11 is 1.37. The van der Waals surface area contributed by atoms with E-state index in [1.165, 1.54) is 11.8 Å². The number of nitrogens with zero attached hydrogens (tertiary/aromatic N) is 1. The van der Waals surface area contributed by atoms with Crippen LogP contribution in [0.4, 0.5) is 5.69 Å². The summed E-state index contributed by atoms with van der Waals surface area (Å²) in [5, 5.41) is 5.85. The Labute approximate surface area is 197 Å². The van der Waals surface area contributed by atoms with Crippen LogP contribution in [0.2, 0.25) is 0 Å². The first kappa shape index (κ1) is 23.2. The number of methoxy groups -OCH3 is 2. The van der Waals surface area contributed by atoms with Crippen LogP contribution < -0.4 is 20.1 Å². The maximum absolute atomic E-state index is 12.7. The number of fused-ring (bicyclic) bond motifs is 1. The van der Waals surface area contributed by atoms with Gasteiger partial charge in [0.25, 0.3) is 11.8 Å². The van der Waals surface area contributed by atoms with Crippen LogP contribution in [0.15, 0.2) is 46.2 Å². The van der Waals surface area contributed by atoms with Crippen LogP contribution in [-0.2, 0) is 9.53 Å². The zero-order valence-electron chi connectivity index (χ0n) is 18.7. The summed E-state index contributed by atoms with van der Waals surface area (Å²) in [5.41, 5.74) is 1.98. The molecule has 0 aliphatic carbocycles. The SMILES string of the molecule is COc1ccc(C=C2Sc3ccc(C(=O)NCCN4CCOCC4)cc3NC2=O)cc1OC. The Bertz CT molecular complexity index is 1070. The molecule has 174 valence electrons. The summed E-state index contributed by atoms with van der Waals surface area (Å²) in [7, 11) is 3.15. The number of morpholine rings is 1. The number of rotatable bonds is 7. The minimum Gasteiger partial charge on any atom is -0.493 e.